The number of aromatic nitrogens is 3. The maximum absolute atomic E-state index is 12.7. The predicted octanol–water partition coefficient (Wildman–Crippen LogP) is 3.14. The van der Waals surface area contributed by atoms with Crippen LogP contribution in [0.5, 0.6) is 0 Å². The number of fused-ring (bicyclic) bond motifs is 1. The molecule has 1 aliphatic rings. The zero-order valence-corrected chi connectivity index (χ0v) is 15.3. The molecule has 0 aliphatic carbocycles. The van der Waals surface area contributed by atoms with Crippen LogP contribution in [0, 0.1) is 0 Å². The van der Waals surface area contributed by atoms with Crippen molar-refractivity contribution in [2.45, 2.75) is 13.3 Å². The molecule has 7 heteroatoms. The smallest absolute Gasteiger partial charge is 0.254 e. The van der Waals surface area contributed by atoms with Gasteiger partial charge in [-0.3, -0.25) is 4.79 Å². The van der Waals surface area contributed by atoms with E-state index < -0.39 is 0 Å². The number of piperazine rings is 1. The van der Waals surface area contributed by atoms with E-state index in [-0.39, 0.29) is 5.91 Å². The first-order valence-electron chi connectivity index (χ1n) is 8.78. The number of hydrogen-bond donors (Lipinski definition) is 1. The number of hydrogen-bond acceptors (Lipinski definition) is 4. The molecule has 26 heavy (non-hydrogen) atoms. The molecule has 1 saturated heterocycles. The van der Waals surface area contributed by atoms with Gasteiger partial charge >= 0.3 is 0 Å². The highest BCUT2D eigenvalue weighted by atomic mass is 35.5. The Morgan fingerprint density at radius 2 is 2.04 bits per heavy atom. The summed E-state index contributed by atoms with van der Waals surface area (Å²) in [6, 6.07) is 7.11. The lowest BCUT2D eigenvalue weighted by molar-refractivity contribution is 0.0746. The number of carbonyl (C=O) groups excluding carboxylic acids is 1. The van der Waals surface area contributed by atoms with E-state index in [1.807, 2.05) is 23.2 Å². The Kier molecular flexibility index (Phi) is 4.51. The van der Waals surface area contributed by atoms with Crippen molar-refractivity contribution in [1.82, 2.24) is 19.9 Å². The second-order valence-electron chi connectivity index (χ2n) is 6.38. The summed E-state index contributed by atoms with van der Waals surface area (Å²) in [6.07, 6.45) is 4.52. The molecule has 134 valence electrons. The number of carbonyl (C=O) groups is 1. The van der Waals surface area contributed by atoms with Crippen molar-refractivity contribution < 1.29 is 4.79 Å². The van der Waals surface area contributed by atoms with Crippen LogP contribution in [0.3, 0.4) is 0 Å². The lowest BCUT2D eigenvalue weighted by Crippen LogP contribution is -2.49. The van der Waals surface area contributed by atoms with Crippen LogP contribution >= 0.6 is 11.6 Å². The Balaban J connectivity index is 1.52. The van der Waals surface area contributed by atoms with E-state index in [1.165, 1.54) is 5.56 Å². The summed E-state index contributed by atoms with van der Waals surface area (Å²) >= 11 is 6.01. The standard InChI is InChI=1S/C19H20ClN5O/c1-2-13-11-21-17-16(13)18(23-12-22-17)24-6-8-25(9-7-24)19(26)14-4-3-5-15(20)10-14/h3-5,10-12H,2,6-9H2,1H3,(H,21,22,23). The molecule has 1 N–H and O–H groups in total. The summed E-state index contributed by atoms with van der Waals surface area (Å²) in [7, 11) is 0. The van der Waals surface area contributed by atoms with Crippen LogP contribution in [0.2, 0.25) is 5.02 Å². The van der Waals surface area contributed by atoms with Crippen LogP contribution in [0.25, 0.3) is 11.0 Å². The molecule has 4 rings (SSSR count). The minimum atomic E-state index is 0.0240. The molecule has 0 saturated carbocycles. The molecule has 0 spiro atoms. The third kappa shape index (κ3) is 3.01. The number of amides is 1. The van der Waals surface area contributed by atoms with Crippen LogP contribution < -0.4 is 4.90 Å². The van der Waals surface area contributed by atoms with Gasteiger partial charge in [-0.15, -0.1) is 0 Å². The second kappa shape index (κ2) is 6.96. The maximum Gasteiger partial charge on any atom is 0.254 e. The van der Waals surface area contributed by atoms with E-state index in [0.29, 0.717) is 23.7 Å². The molecule has 1 fully saturated rings. The van der Waals surface area contributed by atoms with Gasteiger partial charge < -0.3 is 14.8 Å². The van der Waals surface area contributed by atoms with Crippen LogP contribution in [-0.2, 0) is 6.42 Å². The van der Waals surface area contributed by atoms with Crippen LogP contribution in [0.4, 0.5) is 5.82 Å². The lowest BCUT2D eigenvalue weighted by atomic mass is 10.1. The summed E-state index contributed by atoms with van der Waals surface area (Å²) in [4.78, 5) is 28.9. The van der Waals surface area contributed by atoms with E-state index >= 15 is 0 Å². The summed E-state index contributed by atoms with van der Waals surface area (Å²) in [5, 5.41) is 1.67. The normalized spacial score (nSPS) is 14.8. The average Bonchev–Trinajstić information content (AvgIpc) is 3.11. The van der Waals surface area contributed by atoms with Gasteiger partial charge in [-0.05, 0) is 30.2 Å². The van der Waals surface area contributed by atoms with E-state index in [1.54, 1.807) is 18.5 Å². The molecule has 3 aromatic rings. The van der Waals surface area contributed by atoms with Crippen molar-refractivity contribution in [3.63, 3.8) is 0 Å². The van der Waals surface area contributed by atoms with E-state index in [4.69, 9.17) is 11.6 Å². The number of benzene rings is 1. The summed E-state index contributed by atoms with van der Waals surface area (Å²) < 4.78 is 0. The first-order valence-corrected chi connectivity index (χ1v) is 9.16. The monoisotopic (exact) mass is 369 g/mol. The molecular weight excluding hydrogens is 350 g/mol. The molecule has 0 atom stereocenters. The van der Waals surface area contributed by atoms with Gasteiger partial charge in [-0.25, -0.2) is 9.97 Å². The molecule has 0 unspecified atom stereocenters. The number of aromatic amines is 1. The molecule has 6 nitrogen and oxygen atoms in total. The van der Waals surface area contributed by atoms with Crippen molar-refractivity contribution in [2.24, 2.45) is 0 Å². The minimum Gasteiger partial charge on any atom is -0.352 e. The van der Waals surface area contributed by atoms with Crippen molar-refractivity contribution >= 4 is 34.4 Å². The molecular formula is C19H20ClN5O. The Labute approximate surface area is 156 Å². The lowest BCUT2D eigenvalue weighted by Gasteiger charge is -2.35. The van der Waals surface area contributed by atoms with Crippen LogP contribution in [0.1, 0.15) is 22.8 Å². The summed E-state index contributed by atoms with van der Waals surface area (Å²) in [6.45, 7) is 4.92. The summed E-state index contributed by atoms with van der Waals surface area (Å²) in [5.74, 6) is 0.971. The van der Waals surface area contributed by atoms with Crippen LogP contribution in [0.15, 0.2) is 36.8 Å². The van der Waals surface area contributed by atoms with Gasteiger partial charge in [0.25, 0.3) is 5.91 Å². The Morgan fingerprint density at radius 1 is 1.23 bits per heavy atom. The van der Waals surface area contributed by atoms with Crippen LogP contribution in [-0.4, -0.2) is 51.9 Å². The quantitative estimate of drug-likeness (QED) is 0.770. The number of rotatable bonds is 3. The van der Waals surface area contributed by atoms with Crippen molar-refractivity contribution in [1.29, 1.82) is 0 Å². The Bertz CT molecular complexity index is 946. The molecule has 1 amide bonds. The third-order valence-corrected chi connectivity index (χ3v) is 5.09. The van der Waals surface area contributed by atoms with Crippen molar-refractivity contribution in [3.8, 4) is 0 Å². The van der Waals surface area contributed by atoms with E-state index in [2.05, 4.69) is 26.8 Å². The number of H-pyrrole nitrogens is 1. The highest BCUT2D eigenvalue weighted by Crippen LogP contribution is 2.27. The number of halogens is 1. The van der Waals surface area contributed by atoms with E-state index in [0.717, 1.165) is 36.4 Å². The number of aryl methyl sites for hydroxylation is 1. The van der Waals surface area contributed by atoms with Gasteiger partial charge in [-0.2, -0.15) is 0 Å². The topological polar surface area (TPSA) is 65.1 Å². The molecule has 3 heterocycles. The largest absolute Gasteiger partial charge is 0.352 e. The van der Waals surface area contributed by atoms with Gasteiger partial charge in [0.05, 0.1) is 5.39 Å². The van der Waals surface area contributed by atoms with Crippen molar-refractivity contribution in [2.75, 3.05) is 31.1 Å². The SMILES string of the molecule is CCc1c[nH]c2ncnc(N3CCN(C(=O)c4cccc(Cl)c4)CC3)c12. The van der Waals surface area contributed by atoms with E-state index in [9.17, 15) is 4.79 Å². The maximum atomic E-state index is 12.7. The summed E-state index contributed by atoms with van der Waals surface area (Å²) in [5.41, 5.74) is 2.71. The van der Waals surface area contributed by atoms with Gasteiger partial charge in [0, 0.05) is 43.0 Å². The van der Waals surface area contributed by atoms with Gasteiger partial charge in [0.15, 0.2) is 0 Å². The first-order chi connectivity index (χ1) is 12.7. The molecule has 1 aliphatic heterocycles. The number of nitrogens with one attached hydrogen (secondary N) is 1. The van der Waals surface area contributed by atoms with Gasteiger partial charge in [0.1, 0.15) is 17.8 Å². The fourth-order valence-electron chi connectivity index (χ4n) is 3.45. The zero-order valence-electron chi connectivity index (χ0n) is 14.6. The molecule has 0 radical (unpaired) electrons. The van der Waals surface area contributed by atoms with Gasteiger partial charge in [-0.1, -0.05) is 24.6 Å². The number of anilines is 1. The van der Waals surface area contributed by atoms with Crippen molar-refractivity contribution in [3.05, 3.63) is 52.9 Å². The molecule has 0 bridgehead atoms. The fraction of sp³-hybridized carbons (Fsp3) is 0.316. The molecule has 2 aromatic heterocycles. The zero-order chi connectivity index (χ0) is 18.1. The third-order valence-electron chi connectivity index (χ3n) is 4.85. The highest BCUT2D eigenvalue weighted by Gasteiger charge is 2.25. The predicted molar refractivity (Wildman–Crippen MR) is 103 cm³/mol. The average molecular weight is 370 g/mol. The Morgan fingerprint density at radius 3 is 2.77 bits per heavy atom. The second-order valence-corrected chi connectivity index (χ2v) is 6.81. The number of nitrogens with zero attached hydrogens (tertiary/aromatic N) is 4. The Hall–Kier alpha value is -2.60. The first kappa shape index (κ1) is 16.8. The van der Waals surface area contributed by atoms with Gasteiger partial charge in [0.2, 0.25) is 0 Å². The fourth-order valence-corrected chi connectivity index (χ4v) is 3.64. The minimum absolute atomic E-state index is 0.0240. The molecule has 1 aromatic carbocycles. The highest BCUT2D eigenvalue weighted by molar-refractivity contribution is 6.30.